The van der Waals surface area contributed by atoms with E-state index in [9.17, 15) is 5.26 Å². The minimum absolute atomic E-state index is 0.329. The first-order valence-electron chi connectivity index (χ1n) is 6.29. The molecule has 2 nitrogen and oxygen atoms in total. The summed E-state index contributed by atoms with van der Waals surface area (Å²) in [4.78, 5) is 0. The molecule has 18 heavy (non-hydrogen) atoms. The Bertz CT molecular complexity index is 601. The summed E-state index contributed by atoms with van der Waals surface area (Å²) >= 11 is 0. The van der Waals surface area contributed by atoms with Gasteiger partial charge in [-0.3, -0.25) is 0 Å². The van der Waals surface area contributed by atoms with Crippen LogP contribution in [0.25, 0.3) is 10.8 Å². The number of nitrogens with zero attached hydrogens (tertiary/aromatic N) is 1. The molecular formula is C16H15NO. The van der Waals surface area contributed by atoms with Gasteiger partial charge in [-0.05, 0) is 29.2 Å². The Morgan fingerprint density at radius 2 is 2.00 bits per heavy atom. The maximum absolute atomic E-state index is 9.42. The van der Waals surface area contributed by atoms with Crippen molar-refractivity contribution in [1.82, 2.24) is 0 Å². The van der Waals surface area contributed by atoms with E-state index in [1.165, 1.54) is 16.3 Å². The minimum atomic E-state index is -0.329. The molecule has 1 saturated heterocycles. The molecule has 0 saturated carbocycles. The van der Waals surface area contributed by atoms with Crippen LogP contribution in [0.1, 0.15) is 12.0 Å². The number of rotatable bonds is 2. The second-order valence-electron chi connectivity index (χ2n) is 5.01. The van der Waals surface area contributed by atoms with Gasteiger partial charge in [0, 0.05) is 6.61 Å². The average molecular weight is 237 g/mol. The SMILES string of the molecule is N#CC1(Cc2cccc3ccccc23)CCOC1. The molecule has 1 aliphatic heterocycles. The van der Waals surface area contributed by atoms with E-state index in [0.717, 1.165) is 12.8 Å². The Labute approximate surface area is 107 Å². The lowest BCUT2D eigenvalue weighted by molar-refractivity contribution is 0.172. The highest BCUT2D eigenvalue weighted by molar-refractivity contribution is 5.85. The van der Waals surface area contributed by atoms with Gasteiger partial charge in [-0.15, -0.1) is 0 Å². The molecule has 1 aliphatic rings. The number of fused-ring (bicyclic) bond motifs is 1. The Morgan fingerprint density at radius 3 is 2.78 bits per heavy atom. The van der Waals surface area contributed by atoms with Crippen molar-refractivity contribution in [2.45, 2.75) is 12.8 Å². The third-order valence-electron chi connectivity index (χ3n) is 3.75. The molecular weight excluding hydrogens is 222 g/mol. The topological polar surface area (TPSA) is 33.0 Å². The molecule has 2 aromatic rings. The first-order valence-corrected chi connectivity index (χ1v) is 6.29. The molecule has 1 unspecified atom stereocenters. The molecule has 1 atom stereocenters. The standard InChI is InChI=1S/C16H15NO/c17-11-16(8-9-18-12-16)10-14-6-3-5-13-4-1-2-7-15(13)14/h1-7H,8-10,12H2. The molecule has 2 aromatic carbocycles. The van der Waals surface area contributed by atoms with Crippen LogP contribution in [0.15, 0.2) is 42.5 Å². The Hall–Kier alpha value is -1.85. The Kier molecular flexibility index (Phi) is 2.77. The summed E-state index contributed by atoms with van der Waals surface area (Å²) in [7, 11) is 0. The normalized spacial score (nSPS) is 23.1. The van der Waals surface area contributed by atoms with Crippen LogP contribution in [0, 0.1) is 16.7 Å². The summed E-state index contributed by atoms with van der Waals surface area (Å²) in [5.41, 5.74) is 0.921. The molecule has 3 rings (SSSR count). The smallest absolute Gasteiger partial charge is 0.0868 e. The second kappa shape index (κ2) is 4.44. The van der Waals surface area contributed by atoms with Gasteiger partial charge in [0.25, 0.3) is 0 Å². The lowest BCUT2D eigenvalue weighted by Crippen LogP contribution is -2.21. The molecule has 0 amide bonds. The summed E-state index contributed by atoms with van der Waals surface area (Å²) < 4.78 is 5.41. The van der Waals surface area contributed by atoms with Crippen molar-refractivity contribution in [3.8, 4) is 6.07 Å². The van der Waals surface area contributed by atoms with E-state index in [2.05, 4.69) is 42.5 Å². The third kappa shape index (κ3) is 1.87. The molecule has 1 heterocycles. The van der Waals surface area contributed by atoms with Crippen molar-refractivity contribution in [2.24, 2.45) is 5.41 Å². The van der Waals surface area contributed by atoms with E-state index >= 15 is 0 Å². The van der Waals surface area contributed by atoms with Crippen LogP contribution >= 0.6 is 0 Å². The predicted molar refractivity (Wildman–Crippen MR) is 71.1 cm³/mol. The number of hydrogen-bond acceptors (Lipinski definition) is 2. The molecule has 1 fully saturated rings. The lowest BCUT2D eigenvalue weighted by atomic mass is 9.81. The van der Waals surface area contributed by atoms with E-state index in [1.807, 2.05) is 6.07 Å². The lowest BCUT2D eigenvalue weighted by Gasteiger charge is -2.19. The summed E-state index contributed by atoms with van der Waals surface area (Å²) in [6, 6.07) is 17.1. The van der Waals surface area contributed by atoms with Gasteiger partial charge in [0.15, 0.2) is 0 Å². The maximum atomic E-state index is 9.42. The maximum Gasteiger partial charge on any atom is 0.0868 e. The molecule has 0 radical (unpaired) electrons. The number of hydrogen-bond donors (Lipinski definition) is 0. The Morgan fingerprint density at radius 1 is 1.17 bits per heavy atom. The summed E-state index contributed by atoms with van der Waals surface area (Å²) in [6.45, 7) is 1.27. The van der Waals surface area contributed by atoms with Gasteiger partial charge < -0.3 is 4.74 Å². The zero-order valence-corrected chi connectivity index (χ0v) is 10.2. The van der Waals surface area contributed by atoms with Crippen molar-refractivity contribution < 1.29 is 4.74 Å². The first kappa shape index (κ1) is 11.3. The van der Waals surface area contributed by atoms with Gasteiger partial charge in [-0.25, -0.2) is 0 Å². The van der Waals surface area contributed by atoms with Crippen LogP contribution in [0.2, 0.25) is 0 Å². The molecule has 90 valence electrons. The van der Waals surface area contributed by atoms with Gasteiger partial charge in [0.1, 0.15) is 0 Å². The zero-order valence-electron chi connectivity index (χ0n) is 10.2. The zero-order chi connectivity index (χ0) is 12.4. The van der Waals surface area contributed by atoms with E-state index in [1.54, 1.807) is 0 Å². The molecule has 0 bridgehead atoms. The van der Waals surface area contributed by atoms with Crippen LogP contribution in [0.3, 0.4) is 0 Å². The van der Waals surface area contributed by atoms with Gasteiger partial charge in [-0.1, -0.05) is 42.5 Å². The van der Waals surface area contributed by atoms with Gasteiger partial charge >= 0.3 is 0 Å². The third-order valence-corrected chi connectivity index (χ3v) is 3.75. The number of ether oxygens (including phenoxy) is 1. The largest absolute Gasteiger partial charge is 0.380 e. The van der Waals surface area contributed by atoms with Crippen LogP contribution in [-0.4, -0.2) is 13.2 Å². The second-order valence-corrected chi connectivity index (χ2v) is 5.01. The van der Waals surface area contributed by atoms with Crippen molar-refractivity contribution in [1.29, 1.82) is 5.26 Å². The van der Waals surface area contributed by atoms with Crippen molar-refractivity contribution in [2.75, 3.05) is 13.2 Å². The van der Waals surface area contributed by atoms with Crippen molar-refractivity contribution in [3.63, 3.8) is 0 Å². The van der Waals surface area contributed by atoms with Gasteiger partial charge in [0.2, 0.25) is 0 Å². The molecule has 0 spiro atoms. The van der Waals surface area contributed by atoms with E-state index in [4.69, 9.17) is 4.74 Å². The fourth-order valence-corrected chi connectivity index (χ4v) is 2.69. The van der Waals surface area contributed by atoms with Gasteiger partial charge in [0.05, 0.1) is 18.1 Å². The minimum Gasteiger partial charge on any atom is -0.380 e. The molecule has 0 aliphatic carbocycles. The summed E-state index contributed by atoms with van der Waals surface area (Å²) in [5.74, 6) is 0. The quantitative estimate of drug-likeness (QED) is 0.802. The first-order chi connectivity index (χ1) is 8.83. The van der Waals surface area contributed by atoms with Crippen LogP contribution in [-0.2, 0) is 11.2 Å². The predicted octanol–water partition coefficient (Wildman–Crippen LogP) is 3.31. The Balaban J connectivity index is 2.03. The highest BCUT2D eigenvalue weighted by Gasteiger charge is 2.35. The molecule has 0 aromatic heterocycles. The van der Waals surface area contributed by atoms with E-state index in [-0.39, 0.29) is 5.41 Å². The van der Waals surface area contributed by atoms with Crippen molar-refractivity contribution in [3.05, 3.63) is 48.0 Å². The molecule has 2 heteroatoms. The van der Waals surface area contributed by atoms with E-state index < -0.39 is 0 Å². The average Bonchev–Trinajstić information content (AvgIpc) is 2.88. The summed E-state index contributed by atoms with van der Waals surface area (Å²) in [6.07, 6.45) is 1.62. The fourth-order valence-electron chi connectivity index (χ4n) is 2.69. The fraction of sp³-hybridized carbons (Fsp3) is 0.312. The molecule has 0 N–H and O–H groups in total. The number of nitriles is 1. The monoisotopic (exact) mass is 237 g/mol. The number of benzene rings is 2. The van der Waals surface area contributed by atoms with Crippen LogP contribution < -0.4 is 0 Å². The van der Waals surface area contributed by atoms with E-state index in [0.29, 0.717) is 13.2 Å². The van der Waals surface area contributed by atoms with Crippen molar-refractivity contribution >= 4 is 10.8 Å². The van der Waals surface area contributed by atoms with Gasteiger partial charge in [-0.2, -0.15) is 5.26 Å². The van der Waals surface area contributed by atoms with Crippen LogP contribution in [0.5, 0.6) is 0 Å². The highest BCUT2D eigenvalue weighted by Crippen LogP contribution is 2.34. The van der Waals surface area contributed by atoms with Crippen LogP contribution in [0.4, 0.5) is 0 Å². The highest BCUT2D eigenvalue weighted by atomic mass is 16.5. The summed E-state index contributed by atoms with van der Waals surface area (Å²) in [5, 5.41) is 11.9.